The van der Waals surface area contributed by atoms with Crippen molar-refractivity contribution in [1.82, 2.24) is 0 Å². The zero-order valence-corrected chi connectivity index (χ0v) is 30.7. The molecule has 11 atom stereocenters. The minimum absolute atomic E-state index is 0.0459. The molecule has 0 aromatic heterocycles. The summed E-state index contributed by atoms with van der Waals surface area (Å²) in [7, 11) is 0. The summed E-state index contributed by atoms with van der Waals surface area (Å²) in [5, 5.41) is 12.8. The molecule has 3 aliphatic rings. The molecule has 52 heavy (non-hydrogen) atoms. The first-order valence-corrected chi connectivity index (χ1v) is 16.9. The van der Waals surface area contributed by atoms with Gasteiger partial charge in [0.15, 0.2) is 29.7 Å². The van der Waals surface area contributed by atoms with Gasteiger partial charge in [0, 0.05) is 45.6 Å². The van der Waals surface area contributed by atoms with Crippen molar-refractivity contribution in [3.63, 3.8) is 0 Å². The van der Waals surface area contributed by atoms with E-state index in [0.717, 1.165) is 34.6 Å². The second-order valence-electron chi connectivity index (χ2n) is 14.3. The molecule has 0 amide bonds. The van der Waals surface area contributed by atoms with Crippen LogP contribution in [-0.4, -0.2) is 94.7 Å². The molecule has 0 spiro atoms. The van der Waals surface area contributed by atoms with Gasteiger partial charge >= 0.3 is 35.8 Å². The summed E-state index contributed by atoms with van der Waals surface area (Å²) in [4.78, 5) is 92.5. The van der Waals surface area contributed by atoms with Crippen LogP contribution in [0, 0.1) is 23.2 Å². The number of rotatable bonds is 7. The summed E-state index contributed by atoms with van der Waals surface area (Å²) >= 11 is 0. The Morgan fingerprint density at radius 1 is 0.769 bits per heavy atom. The van der Waals surface area contributed by atoms with Crippen molar-refractivity contribution < 1.29 is 71.8 Å². The number of ether oxygens (including phenoxy) is 7. The Morgan fingerprint density at radius 2 is 1.31 bits per heavy atom. The Bertz CT molecular complexity index is 1630. The first-order valence-electron chi connectivity index (χ1n) is 16.9. The van der Waals surface area contributed by atoms with Gasteiger partial charge in [-0.25, -0.2) is 4.79 Å². The van der Waals surface area contributed by atoms with Gasteiger partial charge in [-0.3, -0.25) is 28.8 Å². The predicted molar refractivity (Wildman–Crippen MR) is 177 cm³/mol. The molecular formula is C37H46O15. The maximum atomic E-state index is 14.4. The van der Waals surface area contributed by atoms with Gasteiger partial charge in [-0.05, 0) is 24.5 Å². The lowest BCUT2D eigenvalue weighted by Crippen LogP contribution is -2.66. The Balaban J connectivity index is 2.16. The molecule has 4 rings (SSSR count). The van der Waals surface area contributed by atoms with Crippen LogP contribution in [-0.2, 0) is 61.9 Å². The van der Waals surface area contributed by atoms with Crippen molar-refractivity contribution in [2.75, 3.05) is 0 Å². The smallest absolute Gasteiger partial charge is 0.338 e. The fourth-order valence-corrected chi connectivity index (χ4v) is 7.99. The van der Waals surface area contributed by atoms with Crippen LogP contribution >= 0.6 is 0 Å². The number of hydrogen-bond acceptors (Lipinski definition) is 15. The van der Waals surface area contributed by atoms with Gasteiger partial charge in [0.2, 0.25) is 5.79 Å². The number of esters is 6. The Morgan fingerprint density at radius 3 is 1.83 bits per heavy atom. The van der Waals surface area contributed by atoms with E-state index in [9.17, 15) is 38.7 Å². The van der Waals surface area contributed by atoms with E-state index in [2.05, 4.69) is 6.58 Å². The lowest BCUT2D eigenvalue weighted by atomic mass is 9.68. The molecule has 1 aromatic rings. The molecule has 2 heterocycles. The van der Waals surface area contributed by atoms with Crippen LogP contribution in [0.1, 0.15) is 79.1 Å². The summed E-state index contributed by atoms with van der Waals surface area (Å²) in [5.41, 5.74) is -4.28. The zero-order chi connectivity index (χ0) is 39.1. The molecule has 1 saturated carbocycles. The standard InChI is InChI=1S/C37H46O15/c1-17-16-36(51-24(8)42)26(28(17)46-20(4)38)29(47-21(5)39)18(2)30(48-22(6)40)31(50-34(44)25-14-12-11-13-15-25)33(49-23(7)41)35(9,10)32-27(43)19(3)37(36,45)52-32/h11-15,17,19,26,28-33,45H,2,16H2,1,3-10H3/t17-,19+,26+,28-,29-,30-,31?,32-,33+,36+,37+/m0/s1. The normalized spacial score (nSPS) is 35.2. The van der Waals surface area contributed by atoms with E-state index in [4.69, 9.17) is 33.2 Å². The third-order valence-electron chi connectivity index (χ3n) is 10.1. The minimum atomic E-state index is -2.71. The maximum absolute atomic E-state index is 14.4. The molecule has 3 fully saturated rings. The van der Waals surface area contributed by atoms with E-state index in [-0.39, 0.29) is 17.6 Å². The summed E-state index contributed by atoms with van der Waals surface area (Å²) in [5.74, 6) is -12.7. The number of carbonyl (C=O) groups is 7. The van der Waals surface area contributed by atoms with Crippen molar-refractivity contribution in [1.29, 1.82) is 0 Å². The van der Waals surface area contributed by atoms with Crippen LogP contribution in [0.3, 0.4) is 0 Å². The first-order chi connectivity index (χ1) is 24.1. The molecule has 1 N–H and O–H groups in total. The second-order valence-corrected chi connectivity index (χ2v) is 14.3. The van der Waals surface area contributed by atoms with Crippen LogP contribution in [0.25, 0.3) is 0 Å². The molecular weight excluding hydrogens is 684 g/mol. The van der Waals surface area contributed by atoms with Crippen molar-refractivity contribution in [2.24, 2.45) is 23.2 Å². The highest BCUT2D eigenvalue weighted by Gasteiger charge is 2.77. The highest BCUT2D eigenvalue weighted by Crippen LogP contribution is 2.60. The minimum Gasteiger partial charge on any atom is -0.462 e. The highest BCUT2D eigenvalue weighted by molar-refractivity contribution is 5.90. The van der Waals surface area contributed by atoms with Crippen LogP contribution < -0.4 is 0 Å². The molecule has 2 bridgehead atoms. The van der Waals surface area contributed by atoms with E-state index in [1.807, 2.05) is 0 Å². The number of fused-ring (bicyclic) bond motifs is 4. The fourth-order valence-electron chi connectivity index (χ4n) is 7.99. The Kier molecular flexibility index (Phi) is 11.4. The zero-order valence-electron chi connectivity index (χ0n) is 30.7. The van der Waals surface area contributed by atoms with Gasteiger partial charge in [0.1, 0.15) is 18.3 Å². The van der Waals surface area contributed by atoms with E-state index < -0.39 is 113 Å². The summed E-state index contributed by atoms with van der Waals surface area (Å²) in [6, 6.07) is 7.68. The average molecular weight is 731 g/mol. The van der Waals surface area contributed by atoms with Crippen LogP contribution in [0.15, 0.2) is 42.5 Å². The highest BCUT2D eigenvalue weighted by atomic mass is 16.7. The van der Waals surface area contributed by atoms with Gasteiger partial charge in [0.25, 0.3) is 0 Å². The molecule has 15 nitrogen and oxygen atoms in total. The van der Waals surface area contributed by atoms with E-state index >= 15 is 0 Å². The molecule has 2 saturated heterocycles. The average Bonchev–Trinajstić information content (AvgIpc) is 3.45. The third-order valence-corrected chi connectivity index (χ3v) is 10.1. The summed E-state index contributed by atoms with van der Waals surface area (Å²) < 4.78 is 41.7. The third kappa shape index (κ3) is 7.20. The van der Waals surface area contributed by atoms with Gasteiger partial charge < -0.3 is 38.3 Å². The summed E-state index contributed by atoms with van der Waals surface area (Å²) in [6.07, 6.45) is -10.4. The van der Waals surface area contributed by atoms with Crippen LogP contribution in [0.4, 0.5) is 0 Å². The largest absolute Gasteiger partial charge is 0.462 e. The van der Waals surface area contributed by atoms with Crippen molar-refractivity contribution in [2.45, 2.75) is 117 Å². The lowest BCUT2D eigenvalue weighted by Gasteiger charge is -2.49. The molecule has 284 valence electrons. The number of Topliss-reactive ketones (excluding diaryl/α,β-unsaturated/α-hetero) is 1. The molecule has 1 unspecified atom stereocenters. The number of aliphatic hydroxyl groups is 1. The van der Waals surface area contributed by atoms with E-state index in [0.29, 0.717) is 0 Å². The lowest BCUT2D eigenvalue weighted by molar-refractivity contribution is -0.334. The predicted octanol–water partition coefficient (Wildman–Crippen LogP) is 2.79. The van der Waals surface area contributed by atoms with E-state index in [1.54, 1.807) is 25.1 Å². The van der Waals surface area contributed by atoms with Gasteiger partial charge in [-0.1, -0.05) is 52.5 Å². The van der Waals surface area contributed by atoms with Gasteiger partial charge in [-0.15, -0.1) is 0 Å². The quantitative estimate of drug-likeness (QED) is 0.243. The fraction of sp³-hybridized carbons (Fsp3) is 0.595. The summed E-state index contributed by atoms with van der Waals surface area (Å²) in [6.45, 7) is 15.4. The van der Waals surface area contributed by atoms with Crippen LogP contribution in [0.2, 0.25) is 0 Å². The number of ketones is 1. The SMILES string of the molecule is C=C1[C@H](OC(C)=O)C(OC(=O)c2ccccc2)[C@@H](OC(C)=O)C(C)(C)[C@H]2O[C@](O)([C@H](C)C2=O)[C@@]2(OC(C)=O)C[C@H](C)[C@H](OC(C)=O)[C@@H]2[C@H]1OC(C)=O. The topological polar surface area (TPSA) is 204 Å². The van der Waals surface area contributed by atoms with Crippen molar-refractivity contribution in [3.05, 3.63) is 48.0 Å². The van der Waals surface area contributed by atoms with Gasteiger partial charge in [-0.2, -0.15) is 0 Å². The van der Waals surface area contributed by atoms with Crippen molar-refractivity contribution in [3.8, 4) is 0 Å². The molecule has 1 aromatic carbocycles. The van der Waals surface area contributed by atoms with Gasteiger partial charge in [0.05, 0.1) is 17.4 Å². The van der Waals surface area contributed by atoms with Crippen molar-refractivity contribution >= 4 is 41.6 Å². The second kappa shape index (κ2) is 14.8. The molecule has 2 aliphatic heterocycles. The molecule has 0 radical (unpaired) electrons. The Hall–Kier alpha value is -4.63. The van der Waals surface area contributed by atoms with E-state index in [1.165, 1.54) is 32.9 Å². The monoisotopic (exact) mass is 730 g/mol. The molecule has 1 aliphatic carbocycles. The first kappa shape index (κ1) is 40.1. The number of carbonyl (C=O) groups excluding carboxylic acids is 7. The Labute approximate surface area is 301 Å². The maximum Gasteiger partial charge on any atom is 0.338 e. The van der Waals surface area contributed by atoms with Crippen LogP contribution in [0.5, 0.6) is 0 Å². The number of benzene rings is 1. The molecule has 15 heteroatoms. The number of hydrogen-bond donors (Lipinski definition) is 1.